The Labute approximate surface area is 141 Å². The van der Waals surface area contributed by atoms with Gasteiger partial charge in [0.05, 0.1) is 22.7 Å². The highest BCUT2D eigenvalue weighted by atomic mass is 35.5. The first-order valence-electron chi connectivity index (χ1n) is 7.53. The van der Waals surface area contributed by atoms with Crippen molar-refractivity contribution in [3.05, 3.63) is 33.8 Å². The van der Waals surface area contributed by atoms with E-state index in [1.165, 1.54) is 0 Å². The van der Waals surface area contributed by atoms with Gasteiger partial charge in [-0.2, -0.15) is 0 Å². The second-order valence-corrected chi connectivity index (χ2v) is 6.70. The van der Waals surface area contributed by atoms with E-state index in [0.717, 1.165) is 18.4 Å². The van der Waals surface area contributed by atoms with Gasteiger partial charge in [0.1, 0.15) is 0 Å². The highest BCUT2D eigenvalue weighted by molar-refractivity contribution is 6.42. The maximum atomic E-state index is 11.9. The monoisotopic (exact) mass is 344 g/mol. The van der Waals surface area contributed by atoms with Gasteiger partial charge in [0.15, 0.2) is 0 Å². The molecular weight excluding hydrogens is 323 g/mol. The first-order valence-corrected chi connectivity index (χ1v) is 8.29. The first kappa shape index (κ1) is 17.5. The average Bonchev–Trinajstić information content (AvgIpc) is 3.27. The van der Waals surface area contributed by atoms with Crippen LogP contribution >= 0.6 is 23.2 Å². The molecule has 0 aliphatic heterocycles. The number of halogens is 2. The Morgan fingerprint density at radius 1 is 1.45 bits per heavy atom. The number of likely N-dealkylation sites (N-methyl/N-ethyl adjacent to an activating group) is 1. The smallest absolute Gasteiger partial charge is 0.234 e. The lowest BCUT2D eigenvalue weighted by atomic mass is 10.1. The fourth-order valence-electron chi connectivity index (χ4n) is 2.39. The molecule has 1 amide bonds. The van der Waals surface area contributed by atoms with Gasteiger partial charge in [-0.15, -0.1) is 0 Å². The predicted molar refractivity (Wildman–Crippen MR) is 89.4 cm³/mol. The fraction of sp³-hybridized carbons (Fsp3) is 0.562. The molecule has 1 saturated carbocycles. The molecule has 0 bridgehead atoms. The number of nitrogens with zero attached hydrogens (tertiary/aromatic N) is 1. The van der Waals surface area contributed by atoms with Crippen LogP contribution in [0.15, 0.2) is 18.2 Å². The Morgan fingerprint density at radius 3 is 2.86 bits per heavy atom. The number of carbonyl (C=O) groups is 1. The van der Waals surface area contributed by atoms with Crippen molar-refractivity contribution >= 4 is 29.1 Å². The van der Waals surface area contributed by atoms with E-state index in [9.17, 15) is 9.90 Å². The van der Waals surface area contributed by atoms with Gasteiger partial charge in [0, 0.05) is 13.1 Å². The summed E-state index contributed by atoms with van der Waals surface area (Å²) in [6.07, 6.45) is 2.52. The maximum Gasteiger partial charge on any atom is 0.234 e. The Balaban J connectivity index is 1.67. The number of hydrogen-bond donors (Lipinski definition) is 2. The van der Waals surface area contributed by atoms with Crippen LogP contribution in [0.4, 0.5) is 0 Å². The Bertz CT molecular complexity index is 521. The quantitative estimate of drug-likeness (QED) is 0.761. The van der Waals surface area contributed by atoms with Gasteiger partial charge in [-0.1, -0.05) is 35.3 Å². The summed E-state index contributed by atoms with van der Waals surface area (Å²) in [4.78, 5) is 13.7. The van der Waals surface area contributed by atoms with Gasteiger partial charge < -0.3 is 10.4 Å². The molecule has 1 aromatic carbocycles. The molecule has 1 atom stereocenters. The van der Waals surface area contributed by atoms with Crippen molar-refractivity contribution in [3.63, 3.8) is 0 Å². The molecule has 1 aromatic rings. The van der Waals surface area contributed by atoms with E-state index in [2.05, 4.69) is 5.32 Å². The summed E-state index contributed by atoms with van der Waals surface area (Å²) >= 11 is 12.1. The number of benzene rings is 1. The lowest BCUT2D eigenvalue weighted by Crippen LogP contribution is -2.39. The molecule has 22 heavy (non-hydrogen) atoms. The molecule has 0 radical (unpaired) electrons. The van der Waals surface area contributed by atoms with Gasteiger partial charge in [-0.05, 0) is 43.9 Å². The van der Waals surface area contributed by atoms with Gasteiger partial charge in [-0.3, -0.25) is 9.69 Å². The van der Waals surface area contributed by atoms with E-state index in [4.69, 9.17) is 23.2 Å². The minimum Gasteiger partial charge on any atom is -0.392 e. The minimum absolute atomic E-state index is 0.0522. The third kappa shape index (κ3) is 5.43. The lowest BCUT2D eigenvalue weighted by molar-refractivity contribution is -0.122. The predicted octanol–water partition coefficient (Wildman–Crippen LogP) is 2.35. The number of aliphatic hydroxyl groups excluding tert-OH is 1. The molecule has 2 rings (SSSR count). The van der Waals surface area contributed by atoms with E-state index in [1.54, 1.807) is 6.07 Å². The normalized spacial score (nSPS) is 15.9. The summed E-state index contributed by atoms with van der Waals surface area (Å²) in [5.74, 6) is 0.374. The van der Waals surface area contributed by atoms with Crippen LogP contribution in [0.5, 0.6) is 0 Å². The molecule has 2 N–H and O–H groups in total. The van der Waals surface area contributed by atoms with Crippen molar-refractivity contribution in [1.82, 2.24) is 10.2 Å². The van der Waals surface area contributed by atoms with Gasteiger partial charge >= 0.3 is 0 Å². The number of aliphatic hydroxyl groups is 1. The Kier molecular flexibility index (Phi) is 6.50. The maximum absolute atomic E-state index is 11.9. The standard InChI is InChI=1S/C16H22Cl2N2O2/c1-20(9-14(21)11-5-6-11)10-15(22)19-8-7-12-3-2-4-13(17)16(12)18/h2-4,11,14,21H,5-10H2,1H3,(H,19,22). The molecule has 6 heteroatoms. The summed E-state index contributed by atoms with van der Waals surface area (Å²) < 4.78 is 0. The molecule has 0 spiro atoms. The zero-order valence-electron chi connectivity index (χ0n) is 12.7. The van der Waals surface area contributed by atoms with Crippen LogP contribution < -0.4 is 5.32 Å². The topological polar surface area (TPSA) is 52.6 Å². The highest BCUT2D eigenvalue weighted by Crippen LogP contribution is 2.32. The lowest BCUT2D eigenvalue weighted by Gasteiger charge is -2.19. The van der Waals surface area contributed by atoms with Crippen molar-refractivity contribution in [1.29, 1.82) is 0 Å². The average molecular weight is 345 g/mol. The zero-order chi connectivity index (χ0) is 16.1. The number of amides is 1. The van der Waals surface area contributed by atoms with E-state index < -0.39 is 0 Å². The molecule has 1 aliphatic rings. The van der Waals surface area contributed by atoms with Crippen molar-refractivity contribution in [2.45, 2.75) is 25.4 Å². The van der Waals surface area contributed by atoms with Gasteiger partial charge in [0.2, 0.25) is 5.91 Å². The summed E-state index contributed by atoms with van der Waals surface area (Å²) in [6, 6.07) is 5.49. The summed E-state index contributed by atoms with van der Waals surface area (Å²) in [7, 11) is 1.85. The second kappa shape index (κ2) is 8.16. The summed E-state index contributed by atoms with van der Waals surface area (Å²) in [5, 5.41) is 13.8. The molecule has 0 saturated heterocycles. The van der Waals surface area contributed by atoms with Crippen LogP contribution in [0, 0.1) is 5.92 Å². The fourth-order valence-corrected chi connectivity index (χ4v) is 2.81. The van der Waals surface area contributed by atoms with Crippen molar-refractivity contribution in [2.24, 2.45) is 5.92 Å². The summed E-state index contributed by atoms with van der Waals surface area (Å²) in [5.41, 5.74) is 0.923. The largest absolute Gasteiger partial charge is 0.392 e. The minimum atomic E-state index is -0.317. The van der Waals surface area contributed by atoms with Crippen LogP contribution in [-0.2, 0) is 11.2 Å². The van der Waals surface area contributed by atoms with Crippen LogP contribution in [0.3, 0.4) is 0 Å². The van der Waals surface area contributed by atoms with Gasteiger partial charge in [-0.25, -0.2) is 0 Å². The third-order valence-electron chi connectivity index (χ3n) is 3.83. The molecule has 1 aliphatic carbocycles. The number of carbonyl (C=O) groups excluding carboxylic acids is 1. The molecular formula is C16H22Cl2N2O2. The van der Waals surface area contributed by atoms with Crippen LogP contribution in [0.2, 0.25) is 10.0 Å². The van der Waals surface area contributed by atoms with Gasteiger partial charge in [0.25, 0.3) is 0 Å². The van der Waals surface area contributed by atoms with E-state index >= 15 is 0 Å². The SMILES string of the molecule is CN(CC(=O)NCCc1cccc(Cl)c1Cl)CC(O)C1CC1. The van der Waals surface area contributed by atoms with Crippen LogP contribution in [-0.4, -0.2) is 48.7 Å². The number of hydrogen-bond acceptors (Lipinski definition) is 3. The molecule has 4 nitrogen and oxygen atoms in total. The molecule has 1 unspecified atom stereocenters. The van der Waals surface area contributed by atoms with Crippen LogP contribution in [0.1, 0.15) is 18.4 Å². The van der Waals surface area contributed by atoms with Crippen LogP contribution in [0.25, 0.3) is 0 Å². The first-order chi connectivity index (χ1) is 10.5. The van der Waals surface area contributed by atoms with Crippen molar-refractivity contribution in [2.75, 3.05) is 26.7 Å². The number of rotatable bonds is 8. The summed E-state index contributed by atoms with van der Waals surface area (Å²) in [6.45, 7) is 1.34. The molecule has 122 valence electrons. The highest BCUT2D eigenvalue weighted by Gasteiger charge is 2.30. The molecule has 0 aromatic heterocycles. The van der Waals surface area contributed by atoms with E-state index in [1.807, 2.05) is 24.1 Å². The molecule has 0 heterocycles. The third-order valence-corrected chi connectivity index (χ3v) is 4.68. The van der Waals surface area contributed by atoms with E-state index in [0.29, 0.717) is 35.5 Å². The Morgan fingerprint density at radius 2 is 2.18 bits per heavy atom. The Hall–Kier alpha value is -0.810. The van der Waals surface area contributed by atoms with Crippen molar-refractivity contribution < 1.29 is 9.90 Å². The molecule has 1 fully saturated rings. The van der Waals surface area contributed by atoms with Crippen molar-refractivity contribution in [3.8, 4) is 0 Å². The number of nitrogens with one attached hydrogen (secondary N) is 1. The van der Waals surface area contributed by atoms with E-state index in [-0.39, 0.29) is 18.6 Å². The second-order valence-electron chi connectivity index (χ2n) is 5.91. The zero-order valence-corrected chi connectivity index (χ0v) is 14.2.